The third-order valence-corrected chi connectivity index (χ3v) is 7.40. The van der Waals surface area contributed by atoms with Crippen molar-refractivity contribution in [3.8, 4) is 11.3 Å². The third kappa shape index (κ3) is 2.21. The molecule has 0 saturated heterocycles. The van der Waals surface area contributed by atoms with Crippen LogP contribution in [-0.2, 0) is 5.41 Å². The standard InChI is InChI=1S/C23H23ClN2/c24-19-9-21(23-11-15-6-16(12-23)8-17(7-15)13-23)26-14-20(25-22(26)10-19)18-4-2-1-3-5-18/h1-5,9-10,14-17H,6-8,11-13H2. The molecule has 4 saturated carbocycles. The number of hydrogen-bond donors (Lipinski definition) is 0. The monoisotopic (exact) mass is 362 g/mol. The number of pyridine rings is 1. The molecule has 2 nitrogen and oxygen atoms in total. The molecule has 0 N–H and O–H groups in total. The van der Waals surface area contributed by atoms with Crippen molar-refractivity contribution in [3.63, 3.8) is 0 Å². The highest BCUT2D eigenvalue weighted by Gasteiger charge is 2.52. The van der Waals surface area contributed by atoms with Crippen molar-refractivity contribution in [3.05, 3.63) is 59.4 Å². The van der Waals surface area contributed by atoms with Crippen LogP contribution in [-0.4, -0.2) is 9.38 Å². The maximum Gasteiger partial charge on any atom is 0.139 e. The van der Waals surface area contributed by atoms with Crippen LogP contribution in [0.4, 0.5) is 0 Å². The molecule has 0 spiro atoms. The Labute approximate surface area is 159 Å². The summed E-state index contributed by atoms with van der Waals surface area (Å²) in [6.45, 7) is 0. The first kappa shape index (κ1) is 15.3. The topological polar surface area (TPSA) is 17.3 Å². The van der Waals surface area contributed by atoms with Crippen LogP contribution in [0.1, 0.15) is 44.2 Å². The van der Waals surface area contributed by atoms with E-state index in [2.05, 4.69) is 47.0 Å². The molecule has 1 aromatic carbocycles. The largest absolute Gasteiger partial charge is 0.303 e. The van der Waals surface area contributed by atoms with Gasteiger partial charge in [-0.1, -0.05) is 41.9 Å². The second-order valence-corrected chi connectivity index (χ2v) is 9.41. The normalized spacial score (nSPS) is 32.4. The summed E-state index contributed by atoms with van der Waals surface area (Å²) in [5.41, 5.74) is 4.92. The molecule has 3 aromatic rings. The van der Waals surface area contributed by atoms with E-state index in [0.29, 0.717) is 5.41 Å². The second-order valence-electron chi connectivity index (χ2n) is 8.98. The van der Waals surface area contributed by atoms with Crippen molar-refractivity contribution in [2.75, 3.05) is 0 Å². The van der Waals surface area contributed by atoms with Gasteiger partial charge in [-0.25, -0.2) is 4.98 Å². The van der Waals surface area contributed by atoms with E-state index in [1.807, 2.05) is 6.07 Å². The van der Waals surface area contributed by atoms with E-state index in [1.54, 1.807) is 0 Å². The van der Waals surface area contributed by atoms with E-state index in [9.17, 15) is 0 Å². The van der Waals surface area contributed by atoms with E-state index in [1.165, 1.54) is 49.8 Å². The van der Waals surface area contributed by atoms with Gasteiger partial charge in [-0.15, -0.1) is 0 Å². The molecule has 7 rings (SSSR count). The molecule has 0 amide bonds. The SMILES string of the molecule is Clc1cc(C23CC4CC(CC(C4)C2)C3)n2cc(-c3ccccc3)nc2c1. The summed E-state index contributed by atoms with van der Waals surface area (Å²) >= 11 is 6.57. The van der Waals surface area contributed by atoms with Crippen LogP contribution in [0.3, 0.4) is 0 Å². The lowest BCUT2D eigenvalue weighted by molar-refractivity contribution is -0.00770. The summed E-state index contributed by atoms with van der Waals surface area (Å²) in [6, 6.07) is 14.7. The van der Waals surface area contributed by atoms with Crippen LogP contribution in [0.25, 0.3) is 16.9 Å². The smallest absolute Gasteiger partial charge is 0.139 e. The Bertz CT molecular complexity index is 953. The van der Waals surface area contributed by atoms with E-state index in [0.717, 1.165) is 34.1 Å². The number of rotatable bonds is 2. The molecular formula is C23H23ClN2. The zero-order chi connectivity index (χ0) is 17.3. The number of nitrogens with zero attached hydrogens (tertiary/aromatic N) is 2. The Morgan fingerprint density at radius 1 is 0.923 bits per heavy atom. The number of halogens is 1. The molecule has 4 fully saturated rings. The van der Waals surface area contributed by atoms with Gasteiger partial charge in [-0.2, -0.15) is 0 Å². The van der Waals surface area contributed by atoms with Gasteiger partial charge < -0.3 is 4.40 Å². The van der Waals surface area contributed by atoms with Crippen molar-refractivity contribution < 1.29 is 0 Å². The summed E-state index contributed by atoms with van der Waals surface area (Å²) in [6.07, 6.45) is 10.6. The van der Waals surface area contributed by atoms with Crippen molar-refractivity contribution in [2.24, 2.45) is 17.8 Å². The van der Waals surface area contributed by atoms with Crippen molar-refractivity contribution in [1.82, 2.24) is 9.38 Å². The van der Waals surface area contributed by atoms with Crippen LogP contribution >= 0.6 is 11.6 Å². The van der Waals surface area contributed by atoms with Gasteiger partial charge in [0.05, 0.1) is 5.69 Å². The number of benzene rings is 1. The van der Waals surface area contributed by atoms with E-state index in [4.69, 9.17) is 16.6 Å². The first-order valence-electron chi connectivity index (χ1n) is 9.93. The van der Waals surface area contributed by atoms with Gasteiger partial charge in [0.1, 0.15) is 5.65 Å². The minimum Gasteiger partial charge on any atom is -0.303 e. The quantitative estimate of drug-likeness (QED) is 0.536. The molecule has 26 heavy (non-hydrogen) atoms. The van der Waals surface area contributed by atoms with Gasteiger partial charge in [-0.3, -0.25) is 0 Å². The highest BCUT2D eigenvalue weighted by atomic mass is 35.5. The maximum absolute atomic E-state index is 6.57. The fraction of sp³-hybridized carbons (Fsp3) is 0.435. The Hall–Kier alpha value is -1.80. The van der Waals surface area contributed by atoms with Crippen molar-refractivity contribution >= 4 is 17.2 Å². The maximum atomic E-state index is 6.57. The van der Waals surface area contributed by atoms with E-state index < -0.39 is 0 Å². The first-order valence-corrected chi connectivity index (χ1v) is 10.3. The molecular weight excluding hydrogens is 340 g/mol. The van der Waals surface area contributed by atoms with E-state index in [-0.39, 0.29) is 0 Å². The van der Waals surface area contributed by atoms with E-state index >= 15 is 0 Å². The summed E-state index contributed by atoms with van der Waals surface area (Å²) < 4.78 is 2.35. The molecule has 4 aliphatic rings. The van der Waals surface area contributed by atoms with Gasteiger partial charge in [-0.05, 0) is 62.3 Å². The number of aromatic nitrogens is 2. The summed E-state index contributed by atoms with van der Waals surface area (Å²) in [4.78, 5) is 4.91. The molecule has 2 aromatic heterocycles. The fourth-order valence-electron chi connectivity index (χ4n) is 6.64. The lowest BCUT2D eigenvalue weighted by atomic mass is 9.48. The van der Waals surface area contributed by atoms with Crippen LogP contribution in [0, 0.1) is 17.8 Å². The molecule has 0 atom stereocenters. The Balaban J connectivity index is 1.54. The number of fused-ring (bicyclic) bond motifs is 1. The lowest BCUT2D eigenvalue weighted by Crippen LogP contribution is -2.49. The summed E-state index contributed by atoms with van der Waals surface area (Å²) in [7, 11) is 0. The molecule has 4 bridgehead atoms. The minimum atomic E-state index is 0.312. The highest BCUT2D eigenvalue weighted by molar-refractivity contribution is 6.31. The molecule has 3 heteroatoms. The highest BCUT2D eigenvalue weighted by Crippen LogP contribution is 2.60. The number of imidazole rings is 1. The van der Waals surface area contributed by atoms with Gasteiger partial charge >= 0.3 is 0 Å². The predicted molar refractivity (Wildman–Crippen MR) is 105 cm³/mol. The molecule has 4 aliphatic carbocycles. The van der Waals surface area contributed by atoms with Gasteiger partial charge in [0.25, 0.3) is 0 Å². The van der Waals surface area contributed by atoms with Crippen LogP contribution in [0.15, 0.2) is 48.7 Å². The minimum absolute atomic E-state index is 0.312. The van der Waals surface area contributed by atoms with Crippen LogP contribution < -0.4 is 0 Å². The first-order chi connectivity index (χ1) is 12.7. The molecule has 0 radical (unpaired) electrons. The summed E-state index contributed by atoms with van der Waals surface area (Å²) in [5, 5.41) is 0.827. The van der Waals surface area contributed by atoms with Crippen LogP contribution in [0.5, 0.6) is 0 Å². The Morgan fingerprint density at radius 3 is 2.23 bits per heavy atom. The van der Waals surface area contributed by atoms with Crippen molar-refractivity contribution in [1.29, 1.82) is 0 Å². The lowest BCUT2D eigenvalue weighted by Gasteiger charge is -2.57. The fourth-order valence-corrected chi connectivity index (χ4v) is 6.84. The van der Waals surface area contributed by atoms with Crippen molar-refractivity contribution in [2.45, 2.75) is 43.9 Å². The Kier molecular flexibility index (Phi) is 3.15. The zero-order valence-corrected chi connectivity index (χ0v) is 15.6. The molecule has 0 aliphatic heterocycles. The average molecular weight is 363 g/mol. The van der Waals surface area contributed by atoms with Gasteiger partial charge in [0.15, 0.2) is 0 Å². The third-order valence-electron chi connectivity index (χ3n) is 7.19. The summed E-state index contributed by atoms with van der Waals surface area (Å²) in [5.74, 6) is 2.77. The van der Waals surface area contributed by atoms with Crippen LogP contribution in [0.2, 0.25) is 5.02 Å². The second kappa shape index (κ2) is 5.36. The molecule has 132 valence electrons. The average Bonchev–Trinajstić information content (AvgIpc) is 3.04. The molecule has 0 unspecified atom stereocenters. The zero-order valence-electron chi connectivity index (χ0n) is 14.9. The van der Waals surface area contributed by atoms with Gasteiger partial charge in [0.2, 0.25) is 0 Å². The van der Waals surface area contributed by atoms with Gasteiger partial charge in [0, 0.05) is 34.0 Å². The molecule has 2 heterocycles. The number of hydrogen-bond acceptors (Lipinski definition) is 1. The Morgan fingerprint density at radius 2 is 1.58 bits per heavy atom. The predicted octanol–water partition coefficient (Wildman–Crippen LogP) is 6.12.